The van der Waals surface area contributed by atoms with E-state index in [1.807, 2.05) is 0 Å². The number of hydrogen-bond donors (Lipinski definition) is 2. The summed E-state index contributed by atoms with van der Waals surface area (Å²) >= 11 is 6.24. The number of piperidine rings is 1. The van der Waals surface area contributed by atoms with Gasteiger partial charge in [-0.15, -0.1) is 0 Å². The molecule has 4 rings (SSSR count). The zero-order chi connectivity index (χ0) is 26.4. The van der Waals surface area contributed by atoms with Crippen molar-refractivity contribution < 1.29 is 41.5 Å². The van der Waals surface area contributed by atoms with Crippen LogP contribution in [-0.4, -0.2) is 44.5 Å². The number of aromatic nitrogens is 2. The Morgan fingerprint density at radius 2 is 2.03 bits per heavy atom. The molecule has 0 radical (unpaired) electrons. The van der Waals surface area contributed by atoms with Gasteiger partial charge in [-0.1, -0.05) is 11.6 Å². The first-order valence-electron chi connectivity index (χ1n) is 10.5. The van der Waals surface area contributed by atoms with Gasteiger partial charge in [0.1, 0.15) is 29.9 Å². The Kier molecular flexibility index (Phi) is 6.64. The molecule has 2 N–H and O–H groups in total. The molecule has 0 bridgehead atoms. The third kappa shape index (κ3) is 4.85. The summed E-state index contributed by atoms with van der Waals surface area (Å²) < 4.78 is 59.1. The normalized spacial score (nSPS) is 17.8. The quantitative estimate of drug-likeness (QED) is 0.451. The fourth-order valence-electron chi connectivity index (χ4n) is 4.06. The van der Waals surface area contributed by atoms with Gasteiger partial charge in [0.05, 0.1) is 5.56 Å². The van der Waals surface area contributed by atoms with Crippen molar-refractivity contribution in [2.45, 2.75) is 44.8 Å². The number of fused-ring (bicyclic) bond motifs is 1. The molecule has 0 spiro atoms. The van der Waals surface area contributed by atoms with E-state index < -0.39 is 60.7 Å². The van der Waals surface area contributed by atoms with Crippen molar-refractivity contribution in [2.24, 2.45) is 7.05 Å². The summed E-state index contributed by atoms with van der Waals surface area (Å²) in [7, 11) is 1.09. The number of alkyl halides is 3. The fourth-order valence-corrected chi connectivity index (χ4v) is 4.35. The van der Waals surface area contributed by atoms with Crippen LogP contribution in [0.3, 0.4) is 0 Å². The van der Waals surface area contributed by atoms with Crippen LogP contribution in [-0.2, 0) is 47.2 Å². The van der Waals surface area contributed by atoms with E-state index in [0.717, 1.165) is 18.0 Å². The predicted octanol–water partition coefficient (Wildman–Crippen LogP) is 2.42. The zero-order valence-electron chi connectivity index (χ0n) is 18.5. The third-order valence-corrected chi connectivity index (χ3v) is 6.11. The molecule has 1 aromatic heterocycles. The lowest BCUT2D eigenvalue weighted by molar-refractivity contribution is -0.143. The average molecular weight is 532 g/mol. The number of aryl methyl sites for hydroxylation is 1. The highest BCUT2D eigenvalue weighted by molar-refractivity contribution is 6.32. The second-order valence-corrected chi connectivity index (χ2v) is 8.56. The number of halogens is 5. The summed E-state index contributed by atoms with van der Waals surface area (Å²) in [4.78, 5) is 49.6. The van der Waals surface area contributed by atoms with Crippen molar-refractivity contribution in [2.75, 3.05) is 0 Å². The molecule has 0 saturated carbocycles. The number of amides is 4. The lowest BCUT2D eigenvalue weighted by Gasteiger charge is -2.29. The smallest absolute Gasteiger partial charge is 0.433 e. The minimum atomic E-state index is -4.63. The van der Waals surface area contributed by atoms with Gasteiger partial charge < -0.3 is 15.0 Å². The molecule has 15 heteroatoms. The van der Waals surface area contributed by atoms with Crippen molar-refractivity contribution >= 4 is 35.4 Å². The largest absolute Gasteiger partial charge is 0.443 e. The third-order valence-electron chi connectivity index (χ3n) is 5.78. The highest BCUT2D eigenvalue weighted by Crippen LogP contribution is 2.35. The minimum Gasteiger partial charge on any atom is -0.443 e. The fraction of sp³-hybridized carbons (Fsp3) is 0.381. The Balaban J connectivity index is 1.41. The summed E-state index contributed by atoms with van der Waals surface area (Å²) in [6, 6.07) is 0.984. The minimum absolute atomic E-state index is 0.0278. The molecular weight excluding hydrogens is 514 g/mol. The summed E-state index contributed by atoms with van der Waals surface area (Å²) in [6.07, 6.45) is -5.58. The molecule has 1 saturated heterocycles. The van der Waals surface area contributed by atoms with E-state index in [2.05, 4.69) is 15.7 Å². The zero-order valence-corrected chi connectivity index (χ0v) is 19.3. The number of benzene rings is 1. The average Bonchev–Trinajstić information content (AvgIpc) is 3.34. The lowest BCUT2D eigenvalue weighted by atomic mass is 10.0. The Labute approximate surface area is 205 Å². The molecule has 1 fully saturated rings. The number of hydrogen-bond acceptors (Lipinski definition) is 6. The molecule has 1 unspecified atom stereocenters. The summed E-state index contributed by atoms with van der Waals surface area (Å²) in [5.74, 6) is -2.86. The molecule has 192 valence electrons. The Morgan fingerprint density at radius 1 is 1.31 bits per heavy atom. The van der Waals surface area contributed by atoms with Crippen LogP contribution >= 0.6 is 11.6 Å². The Hall–Kier alpha value is -3.68. The van der Waals surface area contributed by atoms with Crippen LogP contribution in [0, 0.1) is 5.82 Å². The van der Waals surface area contributed by atoms with Crippen LogP contribution in [0.25, 0.3) is 0 Å². The monoisotopic (exact) mass is 531 g/mol. The number of imide groups is 1. The number of alkyl carbamates (subject to hydrolysis) is 1. The standard InChI is InChI=1S/C21H18ClF4N5O5/c1-30-14(21(24,25)26)5-10(29-30)8-36-20(35)27-6-9-4-12(22)11-7-31(19(34)16(11)17(9)23)13-2-3-15(32)28-18(13)33/h4-5,13H,2-3,6-8H2,1H3,(H,27,35)(H,28,32,33). The number of nitrogens with one attached hydrogen (secondary N) is 2. The Bertz CT molecular complexity index is 1280. The van der Waals surface area contributed by atoms with Gasteiger partial charge in [0, 0.05) is 42.7 Å². The summed E-state index contributed by atoms with van der Waals surface area (Å²) in [5.41, 5.74) is -1.49. The number of rotatable bonds is 5. The van der Waals surface area contributed by atoms with Gasteiger partial charge in [-0.05, 0) is 18.6 Å². The lowest BCUT2D eigenvalue weighted by Crippen LogP contribution is -2.52. The van der Waals surface area contributed by atoms with E-state index in [9.17, 15) is 32.3 Å². The number of carbonyl (C=O) groups excluding carboxylic acids is 4. The first-order chi connectivity index (χ1) is 16.9. The second-order valence-electron chi connectivity index (χ2n) is 8.16. The van der Waals surface area contributed by atoms with E-state index in [1.54, 1.807) is 0 Å². The van der Waals surface area contributed by atoms with Crippen molar-refractivity contribution in [3.63, 3.8) is 0 Å². The van der Waals surface area contributed by atoms with Crippen molar-refractivity contribution in [1.82, 2.24) is 25.3 Å². The van der Waals surface area contributed by atoms with Gasteiger partial charge in [-0.3, -0.25) is 24.4 Å². The Morgan fingerprint density at radius 3 is 2.67 bits per heavy atom. The van der Waals surface area contributed by atoms with E-state index in [4.69, 9.17) is 16.3 Å². The van der Waals surface area contributed by atoms with Crippen molar-refractivity contribution in [1.29, 1.82) is 0 Å². The molecule has 2 aliphatic heterocycles. The van der Waals surface area contributed by atoms with Gasteiger partial charge >= 0.3 is 12.3 Å². The maximum atomic E-state index is 15.2. The number of carbonyl (C=O) groups is 4. The summed E-state index contributed by atoms with van der Waals surface area (Å²) in [5, 5.41) is 8.04. The molecule has 0 aliphatic carbocycles. The number of ether oxygens (including phenoxy) is 1. The van der Waals surface area contributed by atoms with Gasteiger partial charge in [0.25, 0.3) is 5.91 Å². The molecule has 2 aliphatic rings. The molecule has 36 heavy (non-hydrogen) atoms. The van der Waals surface area contributed by atoms with Crippen LogP contribution in [0.1, 0.15) is 45.7 Å². The van der Waals surface area contributed by atoms with Crippen LogP contribution < -0.4 is 10.6 Å². The van der Waals surface area contributed by atoms with Crippen molar-refractivity contribution in [3.8, 4) is 0 Å². The molecular formula is C21H18ClF4N5O5. The first kappa shape index (κ1) is 25.4. The molecule has 4 amide bonds. The van der Waals surface area contributed by atoms with E-state index in [1.165, 1.54) is 6.07 Å². The second kappa shape index (κ2) is 9.41. The first-order valence-corrected chi connectivity index (χ1v) is 10.9. The van der Waals surface area contributed by atoms with E-state index in [-0.39, 0.29) is 46.8 Å². The molecule has 10 nitrogen and oxygen atoms in total. The van der Waals surface area contributed by atoms with Gasteiger partial charge in [0.15, 0.2) is 0 Å². The van der Waals surface area contributed by atoms with Crippen LogP contribution in [0.2, 0.25) is 5.02 Å². The summed E-state index contributed by atoms with van der Waals surface area (Å²) in [6.45, 7) is -1.14. The van der Waals surface area contributed by atoms with Crippen LogP contribution in [0.4, 0.5) is 22.4 Å². The maximum absolute atomic E-state index is 15.2. The highest BCUT2D eigenvalue weighted by atomic mass is 35.5. The predicted molar refractivity (Wildman–Crippen MR) is 113 cm³/mol. The van der Waals surface area contributed by atoms with Gasteiger partial charge in [0.2, 0.25) is 11.8 Å². The highest BCUT2D eigenvalue weighted by Gasteiger charge is 2.42. The van der Waals surface area contributed by atoms with Gasteiger partial charge in [-0.2, -0.15) is 18.3 Å². The van der Waals surface area contributed by atoms with Gasteiger partial charge in [-0.25, -0.2) is 9.18 Å². The molecule has 1 aromatic carbocycles. The SMILES string of the molecule is Cn1nc(COC(=O)NCc2cc(Cl)c3c(c2F)C(=O)N(C2CCC(=O)NC2=O)C3)cc1C(F)(F)F. The topological polar surface area (TPSA) is 123 Å². The van der Waals surface area contributed by atoms with Crippen molar-refractivity contribution in [3.05, 3.63) is 51.1 Å². The molecule has 3 heterocycles. The maximum Gasteiger partial charge on any atom is 0.433 e. The number of nitrogens with zero attached hydrogens (tertiary/aromatic N) is 3. The van der Waals surface area contributed by atoms with Crippen LogP contribution in [0.5, 0.6) is 0 Å². The van der Waals surface area contributed by atoms with Crippen LogP contribution in [0.15, 0.2) is 12.1 Å². The van der Waals surface area contributed by atoms with E-state index >= 15 is 4.39 Å². The molecule has 2 aromatic rings. The van der Waals surface area contributed by atoms with E-state index in [0.29, 0.717) is 4.68 Å². The molecule has 1 atom stereocenters.